The quantitative estimate of drug-likeness (QED) is 0.295. The molecule has 0 bridgehead atoms. The zero-order valence-electron chi connectivity index (χ0n) is 19.7. The molecule has 0 saturated carbocycles. The Kier molecular flexibility index (Phi) is 6.37. The fourth-order valence-electron chi connectivity index (χ4n) is 3.74. The Morgan fingerprint density at radius 3 is 2.73 bits per heavy atom. The molecule has 9 nitrogen and oxygen atoms in total. The maximum atomic E-state index is 13.4. The minimum Gasteiger partial charge on any atom is -0.493 e. The van der Waals surface area contributed by atoms with Crippen molar-refractivity contribution in [3.05, 3.63) is 87.7 Å². The fraction of sp³-hybridized carbons (Fsp3) is 0.111. The molecule has 0 spiro atoms. The number of furan rings is 1. The van der Waals surface area contributed by atoms with E-state index < -0.39 is 12.1 Å². The molecule has 0 aliphatic heterocycles. The normalized spacial score (nSPS) is 12.3. The van der Waals surface area contributed by atoms with Gasteiger partial charge in [0, 0.05) is 10.4 Å². The second-order valence-electron chi connectivity index (χ2n) is 8.12. The minimum absolute atomic E-state index is 0.217. The van der Waals surface area contributed by atoms with Crippen LogP contribution in [-0.4, -0.2) is 40.2 Å². The average Bonchev–Trinajstić information content (AvgIpc) is 3.31. The molecule has 10 heteroatoms. The predicted octanol–water partition coefficient (Wildman–Crippen LogP) is 5.21. The molecule has 5 rings (SSSR count). The van der Waals surface area contributed by atoms with Crippen molar-refractivity contribution in [3.8, 4) is 23.1 Å². The van der Waals surface area contributed by atoms with Crippen LogP contribution in [0.5, 0.6) is 11.5 Å². The van der Waals surface area contributed by atoms with Crippen molar-refractivity contribution in [1.82, 2.24) is 9.66 Å². The summed E-state index contributed by atoms with van der Waals surface area (Å²) in [4.78, 5) is 29.2. The zero-order valence-corrected chi connectivity index (χ0v) is 20.5. The van der Waals surface area contributed by atoms with Gasteiger partial charge in [-0.05, 0) is 67.1 Å². The number of aromatic nitrogens is 2. The molecule has 0 aliphatic carbocycles. The lowest BCUT2D eigenvalue weighted by Crippen LogP contribution is -2.23. The largest absolute Gasteiger partial charge is 0.493 e. The van der Waals surface area contributed by atoms with Crippen LogP contribution in [0.2, 0.25) is 5.02 Å². The van der Waals surface area contributed by atoms with Gasteiger partial charge >= 0.3 is 5.97 Å². The molecule has 0 amide bonds. The maximum Gasteiger partial charge on any atom is 0.344 e. The van der Waals surface area contributed by atoms with Crippen LogP contribution in [0.15, 0.2) is 81.0 Å². The van der Waals surface area contributed by atoms with Gasteiger partial charge in [0.15, 0.2) is 23.4 Å². The monoisotopic (exact) mass is 517 g/mol. The Balaban J connectivity index is 1.60. The van der Waals surface area contributed by atoms with E-state index in [1.165, 1.54) is 24.9 Å². The van der Waals surface area contributed by atoms with Gasteiger partial charge in [-0.25, -0.2) is 9.78 Å². The highest BCUT2D eigenvalue weighted by Gasteiger charge is 2.18. The number of fused-ring (bicyclic) bond motifs is 2. The molecule has 0 unspecified atom stereocenters. The Hall–Kier alpha value is -4.63. The summed E-state index contributed by atoms with van der Waals surface area (Å²) in [5.74, 6) is 0.0446. The number of nitrogens with zero attached hydrogens (tertiary/aromatic N) is 3. The molecule has 2 heterocycles. The number of carboxylic acids is 1. The van der Waals surface area contributed by atoms with Crippen LogP contribution in [0.25, 0.3) is 33.5 Å². The van der Waals surface area contributed by atoms with E-state index in [1.54, 1.807) is 66.7 Å². The minimum atomic E-state index is -1.10. The van der Waals surface area contributed by atoms with Crippen molar-refractivity contribution in [2.45, 2.75) is 13.0 Å². The molecule has 0 fully saturated rings. The third-order valence-corrected chi connectivity index (χ3v) is 5.85. The van der Waals surface area contributed by atoms with E-state index in [-0.39, 0.29) is 17.1 Å². The predicted molar refractivity (Wildman–Crippen MR) is 140 cm³/mol. The van der Waals surface area contributed by atoms with Crippen molar-refractivity contribution in [2.75, 3.05) is 7.11 Å². The van der Waals surface area contributed by atoms with E-state index in [9.17, 15) is 9.59 Å². The Labute approximate surface area is 215 Å². The third-order valence-electron chi connectivity index (χ3n) is 5.61. The lowest BCUT2D eigenvalue weighted by molar-refractivity contribution is -0.144. The molecule has 0 aliphatic rings. The number of benzene rings is 3. The summed E-state index contributed by atoms with van der Waals surface area (Å²) in [6.45, 7) is 1.42. The topological polar surface area (TPSA) is 116 Å². The lowest BCUT2D eigenvalue weighted by Gasteiger charge is -2.14. The number of methoxy groups -OCH3 is 1. The summed E-state index contributed by atoms with van der Waals surface area (Å²) in [5.41, 5.74) is 1.29. The first-order valence-corrected chi connectivity index (χ1v) is 11.5. The number of carboxylic acid groups (broad SMARTS) is 1. The third kappa shape index (κ3) is 4.76. The maximum absolute atomic E-state index is 13.4. The number of halogens is 1. The highest BCUT2D eigenvalue weighted by Crippen LogP contribution is 2.30. The molecule has 1 atom stereocenters. The van der Waals surface area contributed by atoms with Crippen LogP contribution in [0.1, 0.15) is 12.5 Å². The van der Waals surface area contributed by atoms with Gasteiger partial charge < -0.3 is 19.0 Å². The van der Waals surface area contributed by atoms with Crippen LogP contribution in [0, 0.1) is 0 Å². The summed E-state index contributed by atoms with van der Waals surface area (Å²) in [7, 11) is 1.44. The number of hydrogen-bond donors (Lipinski definition) is 1. The second kappa shape index (κ2) is 9.79. The van der Waals surface area contributed by atoms with E-state index >= 15 is 0 Å². The number of aliphatic carboxylic acids is 1. The molecule has 0 saturated heterocycles. The van der Waals surface area contributed by atoms with Crippen molar-refractivity contribution in [2.24, 2.45) is 5.10 Å². The fourth-order valence-corrected chi connectivity index (χ4v) is 3.92. The molecule has 0 radical (unpaired) electrons. The van der Waals surface area contributed by atoms with Gasteiger partial charge in [0.25, 0.3) is 5.56 Å². The number of hydrogen-bond acceptors (Lipinski definition) is 7. The van der Waals surface area contributed by atoms with E-state index in [0.29, 0.717) is 38.6 Å². The second-order valence-corrected chi connectivity index (χ2v) is 8.55. The molecule has 3 aromatic carbocycles. The molecule has 37 heavy (non-hydrogen) atoms. The van der Waals surface area contributed by atoms with E-state index in [4.69, 9.17) is 30.6 Å². The van der Waals surface area contributed by atoms with Gasteiger partial charge in [0.2, 0.25) is 5.82 Å². The highest BCUT2D eigenvalue weighted by molar-refractivity contribution is 6.31. The Morgan fingerprint density at radius 2 is 1.95 bits per heavy atom. The molecule has 186 valence electrons. The first-order valence-electron chi connectivity index (χ1n) is 11.2. The van der Waals surface area contributed by atoms with Crippen LogP contribution in [0.4, 0.5) is 0 Å². The van der Waals surface area contributed by atoms with Crippen LogP contribution in [0.3, 0.4) is 0 Å². The standard InChI is InChI=1S/C27H20ClN3O6/c1-15(27(33)34)36-22-9-7-16(11-23(22)35-2)14-29-31-25(30-20-6-4-3-5-19(20)26(31)32)24-13-17-12-18(28)8-10-21(17)37-24/h3-15H,1-2H3,(H,33,34)/t15-/m1/s1. The Bertz CT molecular complexity index is 1740. The van der Waals surface area contributed by atoms with Crippen LogP contribution >= 0.6 is 11.6 Å². The van der Waals surface area contributed by atoms with Gasteiger partial charge in [-0.2, -0.15) is 9.78 Å². The van der Waals surface area contributed by atoms with Gasteiger partial charge in [-0.1, -0.05) is 23.7 Å². The van der Waals surface area contributed by atoms with Crippen molar-refractivity contribution < 1.29 is 23.8 Å². The summed E-state index contributed by atoms with van der Waals surface area (Å²) >= 11 is 6.12. The van der Waals surface area contributed by atoms with E-state index in [0.717, 1.165) is 5.39 Å². The number of rotatable bonds is 7. The summed E-state index contributed by atoms with van der Waals surface area (Å²) in [5, 5.41) is 15.2. The lowest BCUT2D eigenvalue weighted by atomic mass is 10.2. The van der Waals surface area contributed by atoms with Crippen molar-refractivity contribution in [1.29, 1.82) is 0 Å². The smallest absolute Gasteiger partial charge is 0.344 e. The first-order chi connectivity index (χ1) is 17.8. The van der Waals surface area contributed by atoms with Gasteiger partial charge in [0.1, 0.15) is 5.58 Å². The van der Waals surface area contributed by atoms with Gasteiger partial charge in [-0.3, -0.25) is 4.79 Å². The summed E-state index contributed by atoms with van der Waals surface area (Å²) in [6, 6.07) is 18.8. The molecule has 2 aromatic heterocycles. The molecule has 1 N–H and O–H groups in total. The molecule has 5 aromatic rings. The number of carbonyl (C=O) groups is 1. The van der Waals surface area contributed by atoms with Gasteiger partial charge in [0.05, 0.1) is 24.2 Å². The zero-order chi connectivity index (χ0) is 26.1. The summed E-state index contributed by atoms with van der Waals surface area (Å²) in [6.07, 6.45) is 0.408. The Morgan fingerprint density at radius 1 is 1.14 bits per heavy atom. The van der Waals surface area contributed by atoms with Crippen molar-refractivity contribution in [3.63, 3.8) is 0 Å². The first kappa shape index (κ1) is 24.1. The van der Waals surface area contributed by atoms with Crippen LogP contribution < -0.4 is 15.0 Å². The number of ether oxygens (including phenoxy) is 2. The summed E-state index contributed by atoms with van der Waals surface area (Å²) < 4.78 is 17.9. The van der Waals surface area contributed by atoms with E-state index in [1.807, 2.05) is 0 Å². The highest BCUT2D eigenvalue weighted by atomic mass is 35.5. The number of para-hydroxylation sites is 1. The van der Waals surface area contributed by atoms with Gasteiger partial charge in [-0.15, -0.1) is 0 Å². The average molecular weight is 518 g/mol. The van der Waals surface area contributed by atoms with E-state index in [2.05, 4.69) is 10.1 Å². The SMILES string of the molecule is COc1cc(C=Nn2c(-c3cc4cc(Cl)ccc4o3)nc3ccccc3c2=O)ccc1O[C@H](C)C(=O)O. The molecular weight excluding hydrogens is 498 g/mol. The van der Waals surface area contributed by atoms with Crippen LogP contribution in [-0.2, 0) is 4.79 Å². The van der Waals surface area contributed by atoms with Crippen molar-refractivity contribution >= 4 is 45.7 Å². The molecular formula is C27H20ClN3O6.